The number of aromatic nitrogens is 2. The number of aliphatic hydroxyl groups is 1. The van der Waals surface area contributed by atoms with Crippen molar-refractivity contribution in [1.29, 1.82) is 0 Å². The molecule has 2 aliphatic rings. The summed E-state index contributed by atoms with van der Waals surface area (Å²) >= 11 is 0. The molecule has 8 heteroatoms. The summed E-state index contributed by atoms with van der Waals surface area (Å²) in [6, 6.07) is 7.03. The van der Waals surface area contributed by atoms with Gasteiger partial charge in [-0.3, -0.25) is 9.89 Å². The summed E-state index contributed by atoms with van der Waals surface area (Å²) in [5.74, 6) is 1.82. The molecule has 0 radical (unpaired) electrons. The fraction of sp³-hybridized carbons (Fsp3) is 0.412. The molecule has 1 saturated heterocycles. The Labute approximate surface area is 144 Å². The molecule has 1 fully saturated rings. The van der Waals surface area contributed by atoms with Crippen LogP contribution in [-0.4, -0.2) is 52.1 Å². The lowest BCUT2D eigenvalue weighted by Gasteiger charge is -2.29. The van der Waals surface area contributed by atoms with E-state index >= 15 is 0 Å². The van der Waals surface area contributed by atoms with Gasteiger partial charge in [0.1, 0.15) is 12.4 Å². The third kappa shape index (κ3) is 3.39. The van der Waals surface area contributed by atoms with Crippen molar-refractivity contribution < 1.29 is 24.1 Å². The van der Waals surface area contributed by atoms with Crippen molar-refractivity contribution in [3.8, 4) is 17.2 Å². The molecule has 2 N–H and O–H groups in total. The predicted molar refractivity (Wildman–Crippen MR) is 86.6 cm³/mol. The van der Waals surface area contributed by atoms with E-state index in [9.17, 15) is 9.90 Å². The summed E-state index contributed by atoms with van der Waals surface area (Å²) in [6.07, 6.45) is 1.08. The summed E-state index contributed by atoms with van der Waals surface area (Å²) in [6.45, 7) is 1.47. The lowest BCUT2D eigenvalue weighted by atomic mass is 10.1. The van der Waals surface area contributed by atoms with Crippen molar-refractivity contribution >= 4 is 5.91 Å². The number of aliphatic hydroxyl groups excluding tert-OH is 1. The van der Waals surface area contributed by atoms with Crippen LogP contribution < -0.4 is 14.2 Å². The van der Waals surface area contributed by atoms with Gasteiger partial charge in [0.05, 0.1) is 11.8 Å². The summed E-state index contributed by atoms with van der Waals surface area (Å²) in [7, 11) is 0. The van der Waals surface area contributed by atoms with E-state index in [1.54, 1.807) is 29.2 Å². The highest BCUT2D eigenvalue weighted by Crippen LogP contribution is 2.35. The Morgan fingerprint density at radius 3 is 3.12 bits per heavy atom. The highest BCUT2D eigenvalue weighted by atomic mass is 16.7. The quantitative estimate of drug-likeness (QED) is 0.867. The first-order valence-electron chi connectivity index (χ1n) is 8.23. The number of likely N-dealkylation sites (tertiary alicyclic amines) is 1. The predicted octanol–water partition coefficient (Wildman–Crippen LogP) is 1.31. The van der Waals surface area contributed by atoms with Gasteiger partial charge in [-0.15, -0.1) is 0 Å². The minimum absolute atomic E-state index is 0.177. The number of aromatic amines is 1. The Balaban J connectivity index is 1.37. The molecule has 1 aromatic heterocycles. The molecule has 1 atom stereocenters. The second-order valence-corrected chi connectivity index (χ2v) is 6.13. The van der Waals surface area contributed by atoms with Crippen LogP contribution in [0.3, 0.4) is 0 Å². The highest BCUT2D eigenvalue weighted by molar-refractivity contribution is 5.92. The third-order valence-electron chi connectivity index (χ3n) is 4.27. The van der Waals surface area contributed by atoms with Gasteiger partial charge in [0.25, 0.3) is 5.91 Å². The number of carbonyl (C=O) groups excluding carboxylic acids is 1. The summed E-state index contributed by atoms with van der Waals surface area (Å²) in [4.78, 5) is 14.1. The maximum Gasteiger partial charge on any atom is 0.274 e. The molecule has 4 rings (SSSR count). The first kappa shape index (κ1) is 15.8. The van der Waals surface area contributed by atoms with Gasteiger partial charge in [0.15, 0.2) is 17.2 Å². The Bertz CT molecular complexity index is 775. The van der Waals surface area contributed by atoms with Crippen LogP contribution in [-0.2, 0) is 6.61 Å². The molecule has 2 aromatic rings. The summed E-state index contributed by atoms with van der Waals surface area (Å²) in [5, 5.41) is 16.6. The van der Waals surface area contributed by atoms with E-state index in [1.165, 1.54) is 0 Å². The van der Waals surface area contributed by atoms with Crippen molar-refractivity contribution in [1.82, 2.24) is 15.1 Å². The summed E-state index contributed by atoms with van der Waals surface area (Å²) in [5.41, 5.74) is 1.02. The van der Waals surface area contributed by atoms with Crippen molar-refractivity contribution in [2.45, 2.75) is 25.6 Å². The van der Waals surface area contributed by atoms with Crippen molar-refractivity contribution in [3.63, 3.8) is 0 Å². The van der Waals surface area contributed by atoms with Crippen molar-refractivity contribution in [2.24, 2.45) is 0 Å². The van der Waals surface area contributed by atoms with Crippen LogP contribution in [0.1, 0.15) is 29.0 Å². The number of ether oxygens (including phenoxy) is 3. The number of nitrogens with one attached hydrogen (secondary N) is 1. The third-order valence-corrected chi connectivity index (χ3v) is 4.27. The number of amides is 1. The number of H-pyrrole nitrogens is 1. The minimum Gasteiger partial charge on any atom is -0.487 e. The standard InChI is InChI=1S/C17H19N3O5/c21-12-2-1-5-20(8-12)17(22)14-6-11(18-19-14)9-23-13-3-4-15-16(7-13)25-10-24-15/h3-4,6-7,12,21H,1-2,5,8-10H2,(H,18,19)/t12-/m1/s1. The maximum atomic E-state index is 12.4. The zero-order valence-electron chi connectivity index (χ0n) is 13.6. The first-order chi connectivity index (χ1) is 12.2. The van der Waals surface area contributed by atoms with E-state index in [2.05, 4.69) is 10.2 Å². The van der Waals surface area contributed by atoms with Crippen LogP contribution in [0, 0.1) is 0 Å². The second kappa shape index (κ2) is 6.64. The van der Waals surface area contributed by atoms with Gasteiger partial charge in [-0.25, -0.2) is 0 Å². The van der Waals surface area contributed by atoms with Gasteiger partial charge < -0.3 is 24.2 Å². The molecule has 3 heterocycles. The van der Waals surface area contributed by atoms with Gasteiger partial charge >= 0.3 is 0 Å². The molecule has 0 bridgehead atoms. The van der Waals surface area contributed by atoms with E-state index in [1.807, 2.05) is 0 Å². The topological polar surface area (TPSA) is 96.9 Å². The van der Waals surface area contributed by atoms with E-state index < -0.39 is 6.10 Å². The molecule has 0 aliphatic carbocycles. The average Bonchev–Trinajstić information content (AvgIpc) is 3.28. The van der Waals surface area contributed by atoms with E-state index in [0.717, 1.165) is 12.8 Å². The molecule has 132 valence electrons. The zero-order chi connectivity index (χ0) is 17.2. The average molecular weight is 345 g/mol. The second-order valence-electron chi connectivity index (χ2n) is 6.13. The van der Waals surface area contributed by atoms with Crippen LogP contribution in [0.2, 0.25) is 0 Å². The van der Waals surface area contributed by atoms with Gasteiger partial charge in [-0.2, -0.15) is 5.10 Å². The SMILES string of the molecule is O=C(c1cc(COc2ccc3c(c2)OCO3)[nH]n1)N1CCC[C@@H](O)C1. The number of rotatable bonds is 4. The van der Waals surface area contributed by atoms with E-state index in [4.69, 9.17) is 14.2 Å². The first-order valence-corrected chi connectivity index (χ1v) is 8.23. The lowest BCUT2D eigenvalue weighted by Crippen LogP contribution is -2.42. The molecular formula is C17H19N3O5. The number of carbonyl (C=O) groups is 1. The molecule has 0 unspecified atom stereocenters. The molecule has 2 aliphatic heterocycles. The highest BCUT2D eigenvalue weighted by Gasteiger charge is 2.24. The number of piperidine rings is 1. The Morgan fingerprint density at radius 1 is 1.36 bits per heavy atom. The number of hydrogen-bond acceptors (Lipinski definition) is 6. The number of nitrogens with zero attached hydrogens (tertiary/aromatic N) is 2. The van der Waals surface area contributed by atoms with Gasteiger partial charge in [-0.05, 0) is 31.0 Å². The molecule has 0 saturated carbocycles. The van der Waals surface area contributed by atoms with Crippen LogP contribution in [0.5, 0.6) is 17.2 Å². The van der Waals surface area contributed by atoms with Gasteiger partial charge in [0, 0.05) is 19.2 Å². The molecule has 1 aromatic carbocycles. The fourth-order valence-corrected chi connectivity index (χ4v) is 2.97. The fourth-order valence-electron chi connectivity index (χ4n) is 2.97. The molecule has 25 heavy (non-hydrogen) atoms. The maximum absolute atomic E-state index is 12.4. The van der Waals surface area contributed by atoms with E-state index in [-0.39, 0.29) is 19.3 Å². The Hall–Kier alpha value is -2.74. The Morgan fingerprint density at radius 2 is 2.24 bits per heavy atom. The van der Waals surface area contributed by atoms with Crippen LogP contribution in [0.25, 0.3) is 0 Å². The number of β-amino-alcohol motifs (C(OH)–C–C–N with tert-alkyl or cyclic N) is 1. The van der Waals surface area contributed by atoms with Crippen LogP contribution in [0.15, 0.2) is 24.3 Å². The Kier molecular flexibility index (Phi) is 4.19. The van der Waals surface area contributed by atoms with Gasteiger partial charge in [-0.1, -0.05) is 0 Å². The zero-order valence-corrected chi connectivity index (χ0v) is 13.6. The van der Waals surface area contributed by atoms with Crippen molar-refractivity contribution in [3.05, 3.63) is 35.7 Å². The minimum atomic E-state index is -0.453. The van der Waals surface area contributed by atoms with Crippen LogP contribution >= 0.6 is 0 Å². The number of hydrogen-bond donors (Lipinski definition) is 2. The van der Waals surface area contributed by atoms with Crippen LogP contribution in [0.4, 0.5) is 0 Å². The molecule has 1 amide bonds. The lowest BCUT2D eigenvalue weighted by molar-refractivity contribution is 0.0469. The number of fused-ring (bicyclic) bond motifs is 1. The number of benzene rings is 1. The van der Waals surface area contributed by atoms with Crippen molar-refractivity contribution in [2.75, 3.05) is 19.9 Å². The molecule has 0 spiro atoms. The largest absolute Gasteiger partial charge is 0.487 e. The normalized spacial score (nSPS) is 19.1. The van der Waals surface area contributed by atoms with E-state index in [0.29, 0.717) is 41.7 Å². The molecule has 8 nitrogen and oxygen atoms in total. The molecular weight excluding hydrogens is 326 g/mol. The smallest absolute Gasteiger partial charge is 0.274 e. The monoisotopic (exact) mass is 345 g/mol. The van der Waals surface area contributed by atoms with Gasteiger partial charge in [0.2, 0.25) is 6.79 Å². The summed E-state index contributed by atoms with van der Waals surface area (Å²) < 4.78 is 16.3.